The molecule has 1 aromatic rings. The van der Waals surface area contributed by atoms with E-state index in [1.165, 1.54) is 0 Å². The van der Waals surface area contributed by atoms with Crippen molar-refractivity contribution in [1.29, 1.82) is 5.26 Å². The van der Waals surface area contributed by atoms with Crippen LogP contribution in [0.5, 0.6) is 0 Å². The third-order valence-electron chi connectivity index (χ3n) is 1.87. The number of benzene rings is 1. The minimum atomic E-state index is -0.463. The van der Waals surface area contributed by atoms with Gasteiger partial charge in [0.15, 0.2) is 0 Å². The molecule has 15 heavy (non-hydrogen) atoms. The molecule has 0 saturated heterocycles. The molecule has 3 heteroatoms. The lowest BCUT2D eigenvalue weighted by molar-refractivity contribution is -0.117. The van der Waals surface area contributed by atoms with E-state index in [2.05, 4.69) is 17.9 Å². The van der Waals surface area contributed by atoms with Gasteiger partial charge in [-0.2, -0.15) is 5.26 Å². The van der Waals surface area contributed by atoms with Gasteiger partial charge in [0.05, 0.1) is 12.0 Å². The zero-order valence-corrected chi connectivity index (χ0v) is 8.37. The van der Waals surface area contributed by atoms with Gasteiger partial charge < -0.3 is 5.73 Å². The van der Waals surface area contributed by atoms with E-state index in [0.29, 0.717) is 11.1 Å². The molecule has 0 heterocycles. The van der Waals surface area contributed by atoms with Crippen LogP contribution in [0.4, 0.5) is 0 Å². The predicted molar refractivity (Wildman–Crippen MR) is 56.6 cm³/mol. The van der Waals surface area contributed by atoms with Crippen molar-refractivity contribution < 1.29 is 4.79 Å². The quantitative estimate of drug-likeness (QED) is 0.686. The van der Waals surface area contributed by atoms with E-state index in [1.807, 2.05) is 13.0 Å². The van der Waals surface area contributed by atoms with Crippen molar-refractivity contribution in [1.82, 2.24) is 0 Å². The Labute approximate surface area is 88.5 Å². The molecular formula is C12H10N2O. The third kappa shape index (κ3) is 2.86. The molecule has 0 aromatic heterocycles. The molecule has 74 valence electrons. The Kier molecular flexibility index (Phi) is 3.49. The number of aryl methyl sites for hydroxylation is 1. The van der Waals surface area contributed by atoms with Crippen molar-refractivity contribution in [2.45, 2.75) is 13.3 Å². The molecule has 2 N–H and O–H groups in total. The number of carbonyl (C=O) groups excluding carboxylic acids is 1. The number of nitrogens with zero attached hydrogens (tertiary/aromatic N) is 1. The molecule has 0 atom stereocenters. The monoisotopic (exact) mass is 198 g/mol. The van der Waals surface area contributed by atoms with Crippen molar-refractivity contribution in [3.63, 3.8) is 0 Å². The van der Waals surface area contributed by atoms with Crippen molar-refractivity contribution in [2.75, 3.05) is 0 Å². The van der Waals surface area contributed by atoms with Crippen molar-refractivity contribution in [3.05, 3.63) is 34.9 Å². The minimum Gasteiger partial charge on any atom is -0.369 e. The van der Waals surface area contributed by atoms with Gasteiger partial charge in [-0.25, -0.2) is 0 Å². The maximum atomic E-state index is 10.5. The molecule has 1 amide bonds. The summed E-state index contributed by atoms with van der Waals surface area (Å²) in [6.45, 7) is 1.87. The van der Waals surface area contributed by atoms with Gasteiger partial charge in [-0.1, -0.05) is 24.0 Å². The SMILES string of the molecule is Cc1cccc(C#N)c1C#CCC(N)=O. The summed E-state index contributed by atoms with van der Waals surface area (Å²) in [5.41, 5.74) is 7.07. The summed E-state index contributed by atoms with van der Waals surface area (Å²) in [6, 6.07) is 7.42. The first-order valence-corrected chi connectivity index (χ1v) is 4.42. The van der Waals surface area contributed by atoms with Gasteiger partial charge in [-0.15, -0.1) is 0 Å². The molecule has 0 saturated carbocycles. The highest BCUT2D eigenvalue weighted by Gasteiger charge is 2.00. The molecule has 1 rings (SSSR count). The number of rotatable bonds is 1. The number of hydrogen-bond acceptors (Lipinski definition) is 2. The second-order valence-corrected chi connectivity index (χ2v) is 3.05. The van der Waals surface area contributed by atoms with Crippen LogP contribution in [0.3, 0.4) is 0 Å². The summed E-state index contributed by atoms with van der Waals surface area (Å²) in [4.78, 5) is 10.5. The molecule has 0 aliphatic carbocycles. The third-order valence-corrected chi connectivity index (χ3v) is 1.87. The van der Waals surface area contributed by atoms with Gasteiger partial charge in [0, 0.05) is 5.56 Å². The van der Waals surface area contributed by atoms with Crippen molar-refractivity contribution in [2.24, 2.45) is 5.73 Å². The van der Waals surface area contributed by atoms with E-state index in [1.54, 1.807) is 12.1 Å². The fourth-order valence-electron chi connectivity index (χ4n) is 1.15. The van der Waals surface area contributed by atoms with Crippen LogP contribution in [0.25, 0.3) is 0 Å². The fraction of sp³-hybridized carbons (Fsp3) is 0.167. The molecule has 3 nitrogen and oxygen atoms in total. The van der Waals surface area contributed by atoms with Crippen LogP contribution in [-0.2, 0) is 4.79 Å². The molecule has 0 bridgehead atoms. The summed E-state index contributed by atoms with van der Waals surface area (Å²) in [6.07, 6.45) is 0.0131. The smallest absolute Gasteiger partial charge is 0.229 e. The van der Waals surface area contributed by atoms with Crippen molar-refractivity contribution in [3.8, 4) is 17.9 Å². The summed E-state index contributed by atoms with van der Waals surface area (Å²) in [5, 5.41) is 8.84. The lowest BCUT2D eigenvalue weighted by atomic mass is 10.0. The maximum Gasteiger partial charge on any atom is 0.229 e. The number of amides is 1. The molecule has 0 fully saturated rings. The normalized spacial score (nSPS) is 8.53. The van der Waals surface area contributed by atoms with Gasteiger partial charge in [-0.05, 0) is 18.6 Å². The molecule has 0 radical (unpaired) electrons. The Bertz CT molecular complexity index is 487. The molecule has 1 aromatic carbocycles. The van der Waals surface area contributed by atoms with E-state index in [0.717, 1.165) is 5.56 Å². The zero-order valence-electron chi connectivity index (χ0n) is 8.37. The minimum absolute atomic E-state index is 0.0131. The summed E-state index contributed by atoms with van der Waals surface area (Å²) >= 11 is 0. The highest BCUT2D eigenvalue weighted by molar-refractivity contribution is 5.76. The van der Waals surface area contributed by atoms with E-state index in [-0.39, 0.29) is 6.42 Å². The van der Waals surface area contributed by atoms with Gasteiger partial charge in [0.25, 0.3) is 0 Å². The standard InChI is InChI=1S/C12H10N2O/c1-9-4-2-5-10(8-13)11(9)6-3-7-12(14)15/h2,4-5H,7H2,1H3,(H2,14,15). The lowest BCUT2D eigenvalue weighted by Gasteiger charge is -1.98. The Morgan fingerprint density at radius 3 is 2.87 bits per heavy atom. The van der Waals surface area contributed by atoms with E-state index in [9.17, 15) is 4.79 Å². The van der Waals surface area contributed by atoms with Gasteiger partial charge in [0.1, 0.15) is 6.07 Å². The predicted octanol–water partition coefficient (Wildman–Crippen LogP) is 1.09. The van der Waals surface area contributed by atoms with E-state index in [4.69, 9.17) is 11.0 Å². The molecule has 0 aliphatic heterocycles. The molecule has 0 unspecified atom stereocenters. The van der Waals surface area contributed by atoms with Crippen LogP contribution in [0.1, 0.15) is 23.1 Å². The first-order chi connectivity index (χ1) is 7.15. The Morgan fingerprint density at radius 1 is 1.53 bits per heavy atom. The van der Waals surface area contributed by atoms with Crippen LogP contribution >= 0.6 is 0 Å². The zero-order chi connectivity index (χ0) is 11.3. The van der Waals surface area contributed by atoms with E-state index < -0.39 is 5.91 Å². The Hall–Kier alpha value is -2.26. The van der Waals surface area contributed by atoms with Gasteiger partial charge in [0.2, 0.25) is 5.91 Å². The van der Waals surface area contributed by atoms with E-state index >= 15 is 0 Å². The summed E-state index contributed by atoms with van der Waals surface area (Å²) in [7, 11) is 0. The first kappa shape index (κ1) is 10.8. The second-order valence-electron chi connectivity index (χ2n) is 3.05. The Balaban J connectivity index is 3.07. The van der Waals surface area contributed by atoms with Crippen LogP contribution in [0, 0.1) is 30.1 Å². The van der Waals surface area contributed by atoms with Gasteiger partial charge >= 0.3 is 0 Å². The maximum absolute atomic E-state index is 10.5. The first-order valence-electron chi connectivity index (χ1n) is 4.42. The summed E-state index contributed by atoms with van der Waals surface area (Å²) in [5.74, 6) is 4.97. The lowest BCUT2D eigenvalue weighted by Crippen LogP contribution is -2.08. The van der Waals surface area contributed by atoms with Crippen LogP contribution in [-0.4, -0.2) is 5.91 Å². The fourth-order valence-corrected chi connectivity index (χ4v) is 1.15. The second kappa shape index (κ2) is 4.83. The number of primary amides is 1. The Morgan fingerprint density at radius 2 is 2.27 bits per heavy atom. The number of hydrogen-bond donors (Lipinski definition) is 1. The number of nitrogens with two attached hydrogens (primary N) is 1. The number of nitriles is 1. The highest BCUT2D eigenvalue weighted by Crippen LogP contribution is 2.11. The largest absolute Gasteiger partial charge is 0.369 e. The van der Waals surface area contributed by atoms with Crippen LogP contribution < -0.4 is 5.73 Å². The van der Waals surface area contributed by atoms with Crippen LogP contribution in [0.15, 0.2) is 18.2 Å². The topological polar surface area (TPSA) is 66.9 Å². The average molecular weight is 198 g/mol. The van der Waals surface area contributed by atoms with Crippen molar-refractivity contribution >= 4 is 5.91 Å². The number of carbonyl (C=O) groups is 1. The molecule has 0 spiro atoms. The highest BCUT2D eigenvalue weighted by atomic mass is 16.1. The molecular weight excluding hydrogens is 188 g/mol. The van der Waals surface area contributed by atoms with Gasteiger partial charge in [-0.3, -0.25) is 4.79 Å². The average Bonchev–Trinajstić information content (AvgIpc) is 2.20. The summed E-state index contributed by atoms with van der Waals surface area (Å²) < 4.78 is 0. The van der Waals surface area contributed by atoms with Crippen LogP contribution in [0.2, 0.25) is 0 Å². The molecule has 0 aliphatic rings.